The van der Waals surface area contributed by atoms with Crippen LogP contribution in [0.2, 0.25) is 0 Å². The number of H-pyrrole nitrogens is 1. The number of sulfonamides is 1. The molecule has 0 saturated heterocycles. The molecule has 0 atom stereocenters. The molecule has 0 unspecified atom stereocenters. The van der Waals surface area contributed by atoms with E-state index in [-0.39, 0.29) is 18.0 Å². The van der Waals surface area contributed by atoms with E-state index >= 15 is 0 Å². The number of hydrogen-bond donors (Lipinski definition) is 3. The molecule has 0 radical (unpaired) electrons. The lowest BCUT2D eigenvalue weighted by Gasteiger charge is -2.21. The molecule has 0 aliphatic rings. The summed E-state index contributed by atoms with van der Waals surface area (Å²) in [7, 11) is -4.10. The largest absolute Gasteiger partial charge is 0.480 e. The van der Waals surface area contributed by atoms with Gasteiger partial charge in [-0.3, -0.25) is 4.79 Å². The Balaban J connectivity index is 1.66. The number of carboxylic acids is 1. The number of aliphatic carboxylic acids is 1. The van der Waals surface area contributed by atoms with Crippen molar-refractivity contribution in [2.24, 2.45) is 0 Å². The van der Waals surface area contributed by atoms with Gasteiger partial charge in [0.2, 0.25) is 10.0 Å². The van der Waals surface area contributed by atoms with Gasteiger partial charge in [-0.05, 0) is 47.0 Å². The number of aromatic amines is 1. The zero-order valence-electron chi connectivity index (χ0n) is 18.1. The Labute approximate surface area is 196 Å². The van der Waals surface area contributed by atoms with Crippen molar-refractivity contribution >= 4 is 38.9 Å². The summed E-state index contributed by atoms with van der Waals surface area (Å²) in [5.41, 5.74) is 3.77. The fourth-order valence-electron chi connectivity index (χ4n) is 3.80. The number of aromatic nitrogens is 1. The van der Waals surface area contributed by atoms with E-state index in [1.54, 1.807) is 30.5 Å². The van der Waals surface area contributed by atoms with Crippen molar-refractivity contribution < 1.29 is 23.1 Å². The highest BCUT2D eigenvalue weighted by molar-refractivity contribution is 7.89. The van der Waals surface area contributed by atoms with E-state index in [1.807, 2.05) is 36.4 Å². The number of benzene rings is 3. The number of carbonyl (C=O) groups is 2. The second-order valence-corrected chi connectivity index (χ2v) is 9.63. The Bertz CT molecular complexity index is 1410. The first kappa shape index (κ1) is 23.2. The van der Waals surface area contributed by atoms with Crippen LogP contribution in [-0.2, 0) is 26.2 Å². The zero-order chi connectivity index (χ0) is 24.1. The zero-order valence-corrected chi connectivity index (χ0v) is 19.0. The Morgan fingerprint density at radius 2 is 1.71 bits per heavy atom. The molecule has 174 valence electrons. The van der Waals surface area contributed by atoms with Crippen molar-refractivity contribution in [3.8, 4) is 11.1 Å². The monoisotopic (exact) mass is 477 g/mol. The molecule has 1 heterocycles. The Morgan fingerprint density at radius 3 is 2.38 bits per heavy atom. The van der Waals surface area contributed by atoms with Gasteiger partial charge in [-0.25, -0.2) is 8.42 Å². The Kier molecular flexibility index (Phi) is 6.76. The van der Waals surface area contributed by atoms with E-state index in [0.717, 1.165) is 32.6 Å². The SMILES string of the molecule is O=CCNc1cc(CN(CC(=O)O)S(=O)(=O)c2ccc(-c3ccccc3)cc2)cc2[nH]ccc12. The van der Waals surface area contributed by atoms with Gasteiger partial charge < -0.3 is 20.2 Å². The highest BCUT2D eigenvalue weighted by Gasteiger charge is 2.27. The normalized spacial score (nSPS) is 11.6. The maximum Gasteiger partial charge on any atom is 0.318 e. The van der Waals surface area contributed by atoms with Gasteiger partial charge in [-0.2, -0.15) is 4.31 Å². The van der Waals surface area contributed by atoms with Gasteiger partial charge in [0.25, 0.3) is 0 Å². The molecule has 3 N–H and O–H groups in total. The van der Waals surface area contributed by atoms with E-state index < -0.39 is 22.5 Å². The first-order valence-corrected chi connectivity index (χ1v) is 12.0. The highest BCUT2D eigenvalue weighted by atomic mass is 32.2. The van der Waals surface area contributed by atoms with Crippen LogP contribution < -0.4 is 5.32 Å². The lowest BCUT2D eigenvalue weighted by Crippen LogP contribution is -2.35. The van der Waals surface area contributed by atoms with Crippen LogP contribution in [0.15, 0.2) is 83.9 Å². The summed E-state index contributed by atoms with van der Waals surface area (Å²) in [5, 5.41) is 13.3. The molecule has 4 rings (SSSR count). The maximum atomic E-state index is 13.4. The van der Waals surface area contributed by atoms with Crippen LogP contribution >= 0.6 is 0 Å². The molecule has 9 heteroatoms. The quantitative estimate of drug-likeness (QED) is 0.300. The third-order valence-electron chi connectivity index (χ3n) is 5.37. The number of aldehydes is 1. The molecular weight excluding hydrogens is 454 g/mol. The standard InChI is InChI=1S/C25H23N3O5S/c29-13-12-27-24-15-18(14-23-22(24)10-11-26-23)16-28(17-25(30)31)34(32,33)21-8-6-20(7-9-21)19-4-2-1-3-5-19/h1-11,13-15,26-27H,12,16-17H2,(H,30,31). The Hall–Kier alpha value is -3.95. The molecule has 0 fully saturated rings. The van der Waals surface area contributed by atoms with Gasteiger partial charge in [-0.1, -0.05) is 42.5 Å². The van der Waals surface area contributed by atoms with Gasteiger partial charge in [-0.15, -0.1) is 0 Å². The van der Waals surface area contributed by atoms with Crippen molar-refractivity contribution in [3.05, 3.63) is 84.6 Å². The second kappa shape index (κ2) is 9.90. The molecule has 34 heavy (non-hydrogen) atoms. The van der Waals surface area contributed by atoms with E-state index in [9.17, 15) is 23.1 Å². The number of rotatable bonds is 10. The molecule has 8 nitrogen and oxygen atoms in total. The van der Waals surface area contributed by atoms with E-state index in [2.05, 4.69) is 10.3 Å². The average molecular weight is 478 g/mol. The highest BCUT2D eigenvalue weighted by Crippen LogP contribution is 2.28. The topological polar surface area (TPSA) is 120 Å². The lowest BCUT2D eigenvalue weighted by atomic mass is 10.1. The number of carboxylic acid groups (broad SMARTS) is 1. The smallest absolute Gasteiger partial charge is 0.318 e. The summed E-state index contributed by atoms with van der Waals surface area (Å²) in [4.78, 5) is 25.4. The summed E-state index contributed by atoms with van der Waals surface area (Å²) in [5.74, 6) is -1.26. The minimum absolute atomic E-state index is 0.00804. The first-order valence-electron chi connectivity index (χ1n) is 10.5. The molecule has 0 amide bonds. The van der Waals surface area contributed by atoms with Crippen molar-refractivity contribution in [3.63, 3.8) is 0 Å². The van der Waals surface area contributed by atoms with Crippen molar-refractivity contribution in [1.82, 2.24) is 9.29 Å². The van der Waals surface area contributed by atoms with Crippen LogP contribution in [-0.4, -0.2) is 48.2 Å². The van der Waals surface area contributed by atoms with Crippen LogP contribution in [0.25, 0.3) is 22.0 Å². The van der Waals surface area contributed by atoms with Crippen molar-refractivity contribution in [2.45, 2.75) is 11.4 Å². The summed E-state index contributed by atoms with van der Waals surface area (Å²) in [6.07, 6.45) is 2.46. The minimum Gasteiger partial charge on any atom is -0.480 e. The van der Waals surface area contributed by atoms with Gasteiger partial charge >= 0.3 is 5.97 Å². The average Bonchev–Trinajstić information content (AvgIpc) is 3.31. The second-order valence-electron chi connectivity index (χ2n) is 7.69. The van der Waals surface area contributed by atoms with Crippen molar-refractivity contribution in [1.29, 1.82) is 0 Å². The number of hydrogen-bond acceptors (Lipinski definition) is 5. The van der Waals surface area contributed by atoms with Crippen LogP contribution in [0.4, 0.5) is 5.69 Å². The van der Waals surface area contributed by atoms with E-state index in [0.29, 0.717) is 11.3 Å². The first-order chi connectivity index (χ1) is 16.4. The molecule has 1 aromatic heterocycles. The molecule has 3 aromatic carbocycles. The molecule has 0 spiro atoms. The third-order valence-corrected chi connectivity index (χ3v) is 7.18. The molecule has 0 aliphatic heterocycles. The molecule has 0 saturated carbocycles. The summed E-state index contributed by atoms with van der Waals surface area (Å²) in [6.45, 7) is -0.753. The van der Waals surface area contributed by atoms with Crippen molar-refractivity contribution in [2.75, 3.05) is 18.4 Å². The number of nitrogens with one attached hydrogen (secondary N) is 2. The minimum atomic E-state index is -4.10. The molecular formula is C25H23N3O5S. The van der Waals surface area contributed by atoms with Crippen LogP contribution in [0.1, 0.15) is 5.56 Å². The van der Waals surface area contributed by atoms with E-state index in [1.165, 1.54) is 12.1 Å². The van der Waals surface area contributed by atoms with Crippen LogP contribution in [0, 0.1) is 0 Å². The number of fused-ring (bicyclic) bond motifs is 1. The predicted octanol–water partition coefficient (Wildman–Crippen LogP) is 3.72. The molecule has 0 aliphatic carbocycles. The number of carbonyl (C=O) groups excluding carboxylic acids is 1. The number of anilines is 1. The maximum absolute atomic E-state index is 13.4. The van der Waals surface area contributed by atoms with Gasteiger partial charge in [0.1, 0.15) is 12.8 Å². The summed E-state index contributed by atoms with van der Waals surface area (Å²) in [6, 6.07) is 21.2. The van der Waals surface area contributed by atoms with Crippen LogP contribution in [0.5, 0.6) is 0 Å². The number of nitrogens with zero attached hydrogens (tertiary/aromatic N) is 1. The molecule has 4 aromatic rings. The van der Waals surface area contributed by atoms with Gasteiger partial charge in [0.15, 0.2) is 0 Å². The van der Waals surface area contributed by atoms with Gasteiger partial charge in [0, 0.05) is 29.3 Å². The van der Waals surface area contributed by atoms with Crippen LogP contribution in [0.3, 0.4) is 0 Å². The lowest BCUT2D eigenvalue weighted by molar-refractivity contribution is -0.137. The Morgan fingerprint density at radius 1 is 1.00 bits per heavy atom. The third kappa shape index (κ3) is 5.00. The molecule has 0 bridgehead atoms. The fourth-order valence-corrected chi connectivity index (χ4v) is 5.17. The van der Waals surface area contributed by atoms with E-state index in [4.69, 9.17) is 0 Å². The summed E-state index contributed by atoms with van der Waals surface area (Å²) < 4.78 is 27.7. The predicted molar refractivity (Wildman–Crippen MR) is 130 cm³/mol. The fraction of sp³-hybridized carbons (Fsp3) is 0.120. The van der Waals surface area contributed by atoms with Gasteiger partial charge in [0.05, 0.1) is 11.4 Å². The summed E-state index contributed by atoms with van der Waals surface area (Å²) >= 11 is 0.